The predicted molar refractivity (Wildman–Crippen MR) is 96.9 cm³/mol. The molecule has 0 atom stereocenters. The third-order valence-electron chi connectivity index (χ3n) is 3.42. The maximum Gasteiger partial charge on any atom is 0.259 e. The summed E-state index contributed by atoms with van der Waals surface area (Å²) in [5.41, 5.74) is 2.05. The Bertz CT molecular complexity index is 843. The number of carbonyl (C=O) groups is 1. The second kappa shape index (κ2) is 6.68. The molecule has 0 aliphatic rings. The maximum absolute atomic E-state index is 11.6. The molecule has 6 heteroatoms. The summed E-state index contributed by atoms with van der Waals surface area (Å²) in [4.78, 5) is 13.1. The van der Waals surface area contributed by atoms with E-state index in [9.17, 15) is 4.79 Å². The van der Waals surface area contributed by atoms with Crippen molar-refractivity contribution in [3.63, 3.8) is 0 Å². The molecule has 0 aliphatic heterocycles. The quantitative estimate of drug-likeness (QED) is 0.670. The van der Waals surface area contributed by atoms with Crippen molar-refractivity contribution in [2.24, 2.45) is 0 Å². The smallest absolute Gasteiger partial charge is 0.259 e. The van der Waals surface area contributed by atoms with Gasteiger partial charge in [0.1, 0.15) is 5.75 Å². The number of nitrogens with zero attached hydrogens (tertiary/aromatic N) is 2. The molecular weight excluding hydrogens is 376 g/mol. The van der Waals surface area contributed by atoms with Crippen molar-refractivity contribution < 1.29 is 9.53 Å². The topological polar surface area (TPSA) is 42.4 Å². The van der Waals surface area contributed by atoms with Gasteiger partial charge < -0.3 is 9.64 Å². The van der Waals surface area contributed by atoms with Gasteiger partial charge in [0.15, 0.2) is 6.61 Å². The molecule has 0 unspecified atom stereocenters. The summed E-state index contributed by atoms with van der Waals surface area (Å²) in [6.45, 7) is 0.0386. The van der Waals surface area contributed by atoms with Crippen LogP contribution in [0.4, 0.5) is 0 Å². The van der Waals surface area contributed by atoms with E-state index in [-0.39, 0.29) is 12.5 Å². The molecule has 0 radical (unpaired) electrons. The largest absolute Gasteiger partial charge is 0.484 e. The van der Waals surface area contributed by atoms with Crippen molar-refractivity contribution in [3.05, 3.63) is 46.9 Å². The summed E-state index contributed by atoms with van der Waals surface area (Å²) in [6.07, 6.45) is 0. The monoisotopic (exact) mass is 390 g/mol. The van der Waals surface area contributed by atoms with Crippen molar-refractivity contribution in [1.82, 2.24) is 9.27 Å². The van der Waals surface area contributed by atoms with Gasteiger partial charge >= 0.3 is 0 Å². The lowest BCUT2D eigenvalue weighted by Crippen LogP contribution is -2.27. The van der Waals surface area contributed by atoms with Crippen molar-refractivity contribution in [1.29, 1.82) is 0 Å². The number of amides is 1. The van der Waals surface area contributed by atoms with Crippen LogP contribution in [0.3, 0.4) is 0 Å². The highest BCUT2D eigenvalue weighted by Gasteiger charge is 2.10. The van der Waals surface area contributed by atoms with E-state index in [4.69, 9.17) is 4.74 Å². The van der Waals surface area contributed by atoms with Crippen LogP contribution >= 0.6 is 27.5 Å². The van der Waals surface area contributed by atoms with Gasteiger partial charge in [-0.25, -0.2) is 0 Å². The van der Waals surface area contributed by atoms with Crippen molar-refractivity contribution in [2.45, 2.75) is 0 Å². The predicted octanol–water partition coefficient (Wildman–Crippen LogP) is 4.19. The summed E-state index contributed by atoms with van der Waals surface area (Å²) in [6, 6.07) is 13.9. The molecule has 0 N–H and O–H groups in total. The summed E-state index contributed by atoms with van der Waals surface area (Å²) >= 11 is 4.87. The average molecular weight is 391 g/mol. The van der Waals surface area contributed by atoms with Crippen LogP contribution in [0.25, 0.3) is 21.3 Å². The maximum atomic E-state index is 11.6. The van der Waals surface area contributed by atoms with Gasteiger partial charge in [0.2, 0.25) is 0 Å². The van der Waals surface area contributed by atoms with E-state index < -0.39 is 0 Å². The standard InChI is InChI=1S/C17H15BrN2O2S/c1-20(2)16(21)10-22-13-7-8-14-15(9-13)23-19-17(14)11-3-5-12(18)6-4-11/h3-9H,10H2,1-2H3. The number of hydrogen-bond acceptors (Lipinski definition) is 4. The van der Waals surface area contributed by atoms with Crippen molar-refractivity contribution in [3.8, 4) is 17.0 Å². The van der Waals surface area contributed by atoms with Gasteiger partial charge in [0.25, 0.3) is 5.91 Å². The molecule has 0 saturated heterocycles. The highest BCUT2D eigenvalue weighted by molar-refractivity contribution is 9.10. The fourth-order valence-electron chi connectivity index (χ4n) is 2.10. The van der Waals surface area contributed by atoms with Crippen LogP contribution in [0.5, 0.6) is 5.75 Å². The fraction of sp³-hybridized carbons (Fsp3) is 0.176. The highest BCUT2D eigenvalue weighted by Crippen LogP contribution is 2.33. The zero-order valence-electron chi connectivity index (χ0n) is 12.7. The highest BCUT2D eigenvalue weighted by atomic mass is 79.9. The number of hydrogen-bond donors (Lipinski definition) is 0. The number of benzene rings is 2. The normalized spacial score (nSPS) is 10.7. The van der Waals surface area contributed by atoms with Crippen molar-refractivity contribution in [2.75, 3.05) is 20.7 Å². The molecule has 0 saturated carbocycles. The molecule has 118 valence electrons. The number of rotatable bonds is 4. The number of carbonyl (C=O) groups excluding carboxylic acids is 1. The van der Waals surface area contributed by atoms with E-state index in [1.165, 1.54) is 16.4 Å². The van der Waals surface area contributed by atoms with E-state index in [2.05, 4.69) is 20.3 Å². The summed E-state index contributed by atoms with van der Waals surface area (Å²) in [5.74, 6) is 0.614. The second-order valence-electron chi connectivity index (χ2n) is 5.27. The first kappa shape index (κ1) is 16.0. The first-order valence-electron chi connectivity index (χ1n) is 7.03. The molecule has 0 spiro atoms. The minimum atomic E-state index is -0.0649. The van der Waals surface area contributed by atoms with Gasteiger partial charge in [-0.1, -0.05) is 28.1 Å². The zero-order chi connectivity index (χ0) is 16.4. The van der Waals surface area contributed by atoms with Crippen molar-refractivity contribution >= 4 is 43.5 Å². The summed E-state index contributed by atoms with van der Waals surface area (Å²) in [7, 11) is 3.42. The lowest BCUT2D eigenvalue weighted by molar-refractivity contribution is -0.130. The van der Waals surface area contributed by atoms with E-state index in [0.29, 0.717) is 5.75 Å². The Kier molecular flexibility index (Phi) is 4.63. The SMILES string of the molecule is CN(C)C(=O)COc1ccc2c(-c3ccc(Br)cc3)nsc2c1. The van der Waals surface area contributed by atoms with Crippen LogP contribution in [0.2, 0.25) is 0 Å². The lowest BCUT2D eigenvalue weighted by Gasteiger charge is -2.11. The molecule has 23 heavy (non-hydrogen) atoms. The van der Waals surface area contributed by atoms with Gasteiger partial charge in [0.05, 0.1) is 10.4 Å². The Balaban J connectivity index is 1.85. The van der Waals surface area contributed by atoms with Gasteiger partial charge in [-0.15, -0.1) is 0 Å². The minimum Gasteiger partial charge on any atom is -0.484 e. The Morgan fingerprint density at radius 2 is 1.96 bits per heavy atom. The number of fused-ring (bicyclic) bond motifs is 1. The number of aromatic nitrogens is 1. The second-order valence-corrected chi connectivity index (χ2v) is 6.99. The average Bonchev–Trinajstić information content (AvgIpc) is 2.96. The van der Waals surface area contributed by atoms with E-state index >= 15 is 0 Å². The number of likely N-dealkylation sites (N-methyl/N-ethyl adjacent to an activating group) is 1. The van der Waals surface area contributed by atoms with Crippen LogP contribution in [-0.2, 0) is 4.79 Å². The lowest BCUT2D eigenvalue weighted by atomic mass is 10.1. The minimum absolute atomic E-state index is 0.0386. The Labute approximate surface area is 147 Å². The van der Waals surface area contributed by atoms with Crippen LogP contribution in [0.15, 0.2) is 46.9 Å². The van der Waals surface area contributed by atoms with Gasteiger partial charge in [-0.05, 0) is 41.9 Å². The third-order valence-corrected chi connectivity index (χ3v) is 4.76. The van der Waals surface area contributed by atoms with E-state index in [1.807, 2.05) is 42.5 Å². The molecule has 0 fully saturated rings. The molecule has 4 nitrogen and oxygen atoms in total. The third kappa shape index (κ3) is 3.54. The van der Waals surface area contributed by atoms with Crippen LogP contribution in [-0.4, -0.2) is 35.9 Å². The first-order valence-corrected chi connectivity index (χ1v) is 8.59. The van der Waals surface area contributed by atoms with E-state index in [0.717, 1.165) is 25.8 Å². The molecular formula is C17H15BrN2O2S. The number of halogens is 1. The van der Waals surface area contributed by atoms with Crippen LogP contribution < -0.4 is 4.74 Å². The fourth-order valence-corrected chi connectivity index (χ4v) is 3.19. The zero-order valence-corrected chi connectivity index (χ0v) is 15.1. The Morgan fingerprint density at radius 1 is 1.22 bits per heavy atom. The van der Waals surface area contributed by atoms with Crippen LogP contribution in [0.1, 0.15) is 0 Å². The Morgan fingerprint density at radius 3 is 2.65 bits per heavy atom. The molecule has 1 heterocycles. The molecule has 0 aliphatic carbocycles. The molecule has 2 aromatic carbocycles. The summed E-state index contributed by atoms with van der Waals surface area (Å²) in [5, 5.41) is 1.09. The molecule has 3 aromatic rings. The van der Waals surface area contributed by atoms with Gasteiger partial charge in [-0.3, -0.25) is 4.79 Å². The first-order chi connectivity index (χ1) is 11.0. The molecule has 1 amide bonds. The molecule has 0 bridgehead atoms. The van der Waals surface area contributed by atoms with Crippen LogP contribution in [0, 0.1) is 0 Å². The van der Waals surface area contributed by atoms with E-state index in [1.54, 1.807) is 14.1 Å². The molecule has 3 rings (SSSR count). The van der Waals surface area contributed by atoms with Gasteiger partial charge in [-0.2, -0.15) is 4.37 Å². The Hall–Kier alpha value is -1.92. The number of ether oxygens (including phenoxy) is 1. The van der Waals surface area contributed by atoms with Gasteiger partial charge in [0, 0.05) is 29.5 Å². The summed E-state index contributed by atoms with van der Waals surface area (Å²) < 4.78 is 12.2. The molecule has 1 aromatic heterocycles.